The van der Waals surface area contributed by atoms with Gasteiger partial charge in [-0.15, -0.1) is 0 Å². The van der Waals surface area contributed by atoms with Crippen molar-refractivity contribution in [2.75, 3.05) is 13.1 Å². The average molecular weight is 307 g/mol. The van der Waals surface area contributed by atoms with Crippen molar-refractivity contribution in [3.63, 3.8) is 0 Å². The number of nitrogens with zero attached hydrogens (tertiary/aromatic N) is 1. The van der Waals surface area contributed by atoms with Crippen LogP contribution >= 0.6 is 11.6 Å². The zero-order chi connectivity index (χ0) is 14.7. The number of hydrogen-bond acceptors (Lipinski definition) is 2. The zero-order valence-corrected chi connectivity index (χ0v) is 13.1. The first-order chi connectivity index (χ1) is 10.3. The van der Waals surface area contributed by atoms with Crippen LogP contribution in [0, 0.1) is 0 Å². The molecule has 2 unspecified atom stereocenters. The third kappa shape index (κ3) is 3.24. The molecule has 0 saturated carbocycles. The molecule has 1 aromatic carbocycles. The van der Waals surface area contributed by atoms with Gasteiger partial charge in [0.25, 0.3) is 0 Å². The number of hydrogen-bond donors (Lipinski definition) is 1. The molecule has 1 aromatic rings. The smallest absolute Gasteiger partial charge is 0.240 e. The lowest BCUT2D eigenvalue weighted by molar-refractivity contribution is -0.134. The van der Waals surface area contributed by atoms with Gasteiger partial charge in [-0.1, -0.05) is 42.6 Å². The molecule has 2 fully saturated rings. The van der Waals surface area contributed by atoms with Crippen LogP contribution in [0.25, 0.3) is 0 Å². The molecule has 0 spiro atoms. The molecule has 0 bridgehead atoms. The van der Waals surface area contributed by atoms with E-state index >= 15 is 0 Å². The van der Waals surface area contributed by atoms with Crippen LogP contribution in [0.2, 0.25) is 5.02 Å². The van der Waals surface area contributed by atoms with Crippen molar-refractivity contribution in [1.29, 1.82) is 0 Å². The predicted octanol–water partition coefficient (Wildman–Crippen LogP) is 3.54. The number of likely N-dealkylation sites (tertiary alicyclic amines) is 1. The standard InChI is InChI=1S/C17H23ClN2O/c18-14-8-4-3-7-13(14)16-10-6-12-20(16)17(21)15-9-2-1-5-11-19-15/h3-4,7-8,15-16,19H,1-2,5-6,9-12H2. The lowest BCUT2D eigenvalue weighted by atomic mass is 10.0. The van der Waals surface area contributed by atoms with Gasteiger partial charge in [-0.2, -0.15) is 0 Å². The first-order valence-electron chi connectivity index (χ1n) is 8.05. The molecule has 2 aliphatic rings. The fourth-order valence-electron chi connectivity index (χ4n) is 3.54. The monoisotopic (exact) mass is 306 g/mol. The lowest BCUT2D eigenvalue weighted by Crippen LogP contribution is -2.45. The second-order valence-electron chi connectivity index (χ2n) is 6.07. The molecule has 2 aliphatic heterocycles. The maximum absolute atomic E-state index is 12.9. The number of rotatable bonds is 2. The molecular formula is C17H23ClN2O. The van der Waals surface area contributed by atoms with Crippen LogP contribution in [-0.2, 0) is 4.79 Å². The number of halogens is 1. The first kappa shape index (κ1) is 14.9. The summed E-state index contributed by atoms with van der Waals surface area (Å²) >= 11 is 6.33. The van der Waals surface area contributed by atoms with Gasteiger partial charge in [0, 0.05) is 11.6 Å². The van der Waals surface area contributed by atoms with Crippen molar-refractivity contribution in [2.45, 2.75) is 50.6 Å². The molecular weight excluding hydrogens is 284 g/mol. The van der Waals surface area contributed by atoms with E-state index in [1.807, 2.05) is 23.1 Å². The number of benzene rings is 1. The highest BCUT2D eigenvalue weighted by Gasteiger charge is 2.34. The van der Waals surface area contributed by atoms with Crippen LogP contribution in [0.5, 0.6) is 0 Å². The highest BCUT2D eigenvalue weighted by molar-refractivity contribution is 6.31. The summed E-state index contributed by atoms with van der Waals surface area (Å²) in [6.45, 7) is 1.81. The summed E-state index contributed by atoms with van der Waals surface area (Å²) in [5.74, 6) is 0.263. The van der Waals surface area contributed by atoms with Gasteiger partial charge in [-0.3, -0.25) is 4.79 Å². The van der Waals surface area contributed by atoms with Gasteiger partial charge in [0.15, 0.2) is 0 Å². The Labute approximate surface area is 131 Å². The van der Waals surface area contributed by atoms with E-state index in [1.165, 1.54) is 12.8 Å². The molecule has 3 rings (SSSR count). The molecule has 4 heteroatoms. The van der Waals surface area contributed by atoms with Crippen LogP contribution in [0.4, 0.5) is 0 Å². The number of amides is 1. The maximum Gasteiger partial charge on any atom is 0.240 e. The van der Waals surface area contributed by atoms with Crippen molar-refractivity contribution < 1.29 is 4.79 Å². The minimum Gasteiger partial charge on any atom is -0.334 e. The third-order valence-corrected chi connectivity index (χ3v) is 5.00. The fourth-order valence-corrected chi connectivity index (χ4v) is 3.80. The van der Waals surface area contributed by atoms with Gasteiger partial charge in [-0.25, -0.2) is 0 Å². The second kappa shape index (κ2) is 6.80. The Morgan fingerprint density at radius 3 is 2.86 bits per heavy atom. The van der Waals surface area contributed by atoms with Gasteiger partial charge in [0.2, 0.25) is 5.91 Å². The molecule has 0 aliphatic carbocycles. The Morgan fingerprint density at radius 1 is 1.14 bits per heavy atom. The molecule has 2 saturated heterocycles. The summed E-state index contributed by atoms with van der Waals surface area (Å²) in [7, 11) is 0. The summed E-state index contributed by atoms with van der Waals surface area (Å²) in [5.41, 5.74) is 1.10. The molecule has 114 valence electrons. The molecule has 3 nitrogen and oxygen atoms in total. The second-order valence-corrected chi connectivity index (χ2v) is 6.47. The van der Waals surface area contributed by atoms with Gasteiger partial charge in [0.1, 0.15) is 0 Å². The molecule has 0 radical (unpaired) electrons. The zero-order valence-electron chi connectivity index (χ0n) is 12.4. The Hall–Kier alpha value is -1.06. The minimum atomic E-state index is -0.00409. The van der Waals surface area contributed by atoms with Gasteiger partial charge in [-0.05, 0) is 43.9 Å². The number of carbonyl (C=O) groups excluding carboxylic acids is 1. The van der Waals surface area contributed by atoms with Gasteiger partial charge < -0.3 is 10.2 Å². The van der Waals surface area contributed by atoms with E-state index < -0.39 is 0 Å². The van der Waals surface area contributed by atoms with Crippen LogP contribution < -0.4 is 5.32 Å². The third-order valence-electron chi connectivity index (χ3n) is 4.66. The topological polar surface area (TPSA) is 32.3 Å². The Balaban J connectivity index is 1.77. The molecule has 1 N–H and O–H groups in total. The van der Waals surface area contributed by atoms with Crippen LogP contribution in [0.3, 0.4) is 0 Å². The molecule has 0 aromatic heterocycles. The normalized spacial score (nSPS) is 26.6. The van der Waals surface area contributed by atoms with E-state index in [1.54, 1.807) is 0 Å². The highest BCUT2D eigenvalue weighted by atomic mass is 35.5. The average Bonchev–Trinajstić information content (AvgIpc) is 2.81. The first-order valence-corrected chi connectivity index (χ1v) is 8.43. The van der Waals surface area contributed by atoms with E-state index in [0.717, 1.165) is 49.4 Å². The maximum atomic E-state index is 12.9. The predicted molar refractivity (Wildman–Crippen MR) is 85.4 cm³/mol. The van der Waals surface area contributed by atoms with Crippen molar-refractivity contribution >= 4 is 17.5 Å². The van der Waals surface area contributed by atoms with Crippen molar-refractivity contribution in [1.82, 2.24) is 10.2 Å². The summed E-state index contributed by atoms with van der Waals surface area (Å²) in [6.07, 6.45) is 6.59. The Kier molecular flexibility index (Phi) is 4.81. The highest BCUT2D eigenvalue weighted by Crippen LogP contribution is 2.36. The van der Waals surface area contributed by atoms with Crippen LogP contribution in [-0.4, -0.2) is 29.9 Å². The van der Waals surface area contributed by atoms with E-state index in [4.69, 9.17) is 11.6 Å². The summed E-state index contributed by atoms with van der Waals surface area (Å²) < 4.78 is 0. The summed E-state index contributed by atoms with van der Waals surface area (Å²) in [5, 5.41) is 4.19. The quantitative estimate of drug-likeness (QED) is 0.906. The largest absolute Gasteiger partial charge is 0.334 e. The van der Waals surface area contributed by atoms with E-state index in [-0.39, 0.29) is 18.0 Å². The number of carbonyl (C=O) groups is 1. The van der Waals surface area contributed by atoms with Crippen LogP contribution in [0.1, 0.15) is 50.1 Å². The Morgan fingerprint density at radius 2 is 2.00 bits per heavy atom. The number of nitrogens with one attached hydrogen (secondary N) is 1. The van der Waals surface area contributed by atoms with Crippen LogP contribution in [0.15, 0.2) is 24.3 Å². The summed E-state index contributed by atoms with van der Waals surface area (Å²) in [6, 6.07) is 8.07. The van der Waals surface area contributed by atoms with Gasteiger partial charge >= 0.3 is 0 Å². The lowest BCUT2D eigenvalue weighted by Gasteiger charge is -2.29. The van der Waals surface area contributed by atoms with Gasteiger partial charge in [0.05, 0.1) is 12.1 Å². The fraction of sp³-hybridized carbons (Fsp3) is 0.588. The van der Waals surface area contributed by atoms with E-state index in [0.29, 0.717) is 0 Å². The Bertz CT molecular complexity index is 497. The molecule has 2 heterocycles. The van der Waals surface area contributed by atoms with Crippen molar-refractivity contribution in [3.8, 4) is 0 Å². The SMILES string of the molecule is O=C(C1CCCCCN1)N1CCCC1c1ccccc1Cl. The van der Waals surface area contributed by atoms with Crippen molar-refractivity contribution in [3.05, 3.63) is 34.9 Å². The molecule has 21 heavy (non-hydrogen) atoms. The van der Waals surface area contributed by atoms with Crippen molar-refractivity contribution in [2.24, 2.45) is 0 Å². The van der Waals surface area contributed by atoms with E-state index in [2.05, 4.69) is 11.4 Å². The summed E-state index contributed by atoms with van der Waals surface area (Å²) in [4.78, 5) is 14.9. The minimum absolute atomic E-state index is 0.00409. The molecule has 2 atom stereocenters. The van der Waals surface area contributed by atoms with E-state index in [9.17, 15) is 4.79 Å². The molecule has 1 amide bonds.